The van der Waals surface area contributed by atoms with Crippen molar-refractivity contribution in [1.82, 2.24) is 5.32 Å². The van der Waals surface area contributed by atoms with Gasteiger partial charge in [-0.15, -0.1) is 0 Å². The van der Waals surface area contributed by atoms with E-state index >= 15 is 0 Å². The average molecular weight is 219 g/mol. The molecule has 0 aromatic heterocycles. The van der Waals surface area contributed by atoms with Gasteiger partial charge in [0, 0.05) is 35.0 Å². The Morgan fingerprint density at radius 2 is 2.14 bits per heavy atom. The topological polar surface area (TPSA) is 38.3 Å². The summed E-state index contributed by atoms with van der Waals surface area (Å²) in [6.45, 7) is 0.648. The van der Waals surface area contributed by atoms with Gasteiger partial charge in [0.05, 0.1) is 6.61 Å². The standard InChI is InChI=1S/C10H21NO2S/c1-11-9(7-13-2)8-14(12)10-5-3-4-6-10/h9-11H,3-8H2,1-2H3. The maximum Gasteiger partial charge on any atom is 0.0624 e. The SMILES string of the molecule is CNC(COC)CS(=O)C1CCCC1. The first-order valence-electron chi connectivity index (χ1n) is 5.31. The van der Waals surface area contributed by atoms with Gasteiger partial charge < -0.3 is 10.1 Å². The van der Waals surface area contributed by atoms with E-state index in [1.165, 1.54) is 12.8 Å². The van der Waals surface area contributed by atoms with Crippen LogP contribution in [0.1, 0.15) is 25.7 Å². The van der Waals surface area contributed by atoms with E-state index in [4.69, 9.17) is 4.74 Å². The Bertz CT molecular complexity index is 181. The second-order valence-electron chi connectivity index (χ2n) is 3.89. The molecule has 84 valence electrons. The molecule has 0 amide bonds. The Labute approximate surface area is 89.1 Å². The summed E-state index contributed by atoms with van der Waals surface area (Å²) in [6, 6.07) is 0.237. The number of likely N-dealkylation sites (N-methyl/N-ethyl adjacent to an activating group) is 1. The highest BCUT2D eigenvalue weighted by atomic mass is 32.2. The van der Waals surface area contributed by atoms with Crippen molar-refractivity contribution < 1.29 is 8.95 Å². The number of ether oxygens (including phenoxy) is 1. The summed E-state index contributed by atoms with van der Waals surface area (Å²) in [7, 11) is 2.91. The Balaban J connectivity index is 2.29. The van der Waals surface area contributed by atoms with Crippen molar-refractivity contribution in [3.8, 4) is 0 Å². The predicted molar refractivity (Wildman–Crippen MR) is 60.0 cm³/mol. The number of rotatable bonds is 6. The summed E-state index contributed by atoms with van der Waals surface area (Å²) >= 11 is 0. The molecule has 0 aromatic carbocycles. The summed E-state index contributed by atoms with van der Waals surface area (Å²) in [5, 5.41) is 3.59. The summed E-state index contributed by atoms with van der Waals surface area (Å²) in [6.07, 6.45) is 4.81. The zero-order valence-corrected chi connectivity index (χ0v) is 9.94. The van der Waals surface area contributed by atoms with Gasteiger partial charge in [-0.1, -0.05) is 12.8 Å². The van der Waals surface area contributed by atoms with Gasteiger partial charge in [-0.2, -0.15) is 0 Å². The first kappa shape index (κ1) is 12.1. The minimum atomic E-state index is -0.669. The lowest BCUT2D eigenvalue weighted by atomic mass is 10.4. The fraction of sp³-hybridized carbons (Fsp3) is 1.00. The molecule has 0 heterocycles. The van der Waals surface area contributed by atoms with Crippen LogP contribution in [-0.2, 0) is 15.5 Å². The maximum absolute atomic E-state index is 11.9. The fourth-order valence-electron chi connectivity index (χ4n) is 1.90. The Kier molecular flexibility index (Phi) is 5.67. The van der Waals surface area contributed by atoms with Gasteiger partial charge in [0.15, 0.2) is 0 Å². The number of hydrogen-bond acceptors (Lipinski definition) is 3. The van der Waals surface area contributed by atoms with Crippen LogP contribution in [0.4, 0.5) is 0 Å². The van der Waals surface area contributed by atoms with Gasteiger partial charge in [0.2, 0.25) is 0 Å². The lowest BCUT2D eigenvalue weighted by Gasteiger charge is -2.17. The molecule has 0 bridgehead atoms. The van der Waals surface area contributed by atoms with Crippen LogP contribution in [0.15, 0.2) is 0 Å². The maximum atomic E-state index is 11.9. The first-order chi connectivity index (χ1) is 6.77. The molecule has 1 fully saturated rings. The van der Waals surface area contributed by atoms with E-state index in [-0.39, 0.29) is 6.04 Å². The molecule has 1 aliphatic carbocycles. The monoisotopic (exact) mass is 219 g/mol. The van der Waals surface area contributed by atoms with E-state index in [1.807, 2.05) is 7.05 Å². The number of methoxy groups -OCH3 is 1. The third-order valence-corrected chi connectivity index (χ3v) is 4.76. The van der Waals surface area contributed by atoms with Crippen LogP contribution in [0.5, 0.6) is 0 Å². The molecule has 0 spiro atoms. The summed E-state index contributed by atoms with van der Waals surface area (Å²) in [4.78, 5) is 0. The van der Waals surface area contributed by atoms with Gasteiger partial charge in [-0.25, -0.2) is 0 Å². The molecule has 1 rings (SSSR count). The van der Waals surface area contributed by atoms with Crippen molar-refractivity contribution in [3.63, 3.8) is 0 Å². The van der Waals surface area contributed by atoms with E-state index in [0.717, 1.165) is 18.6 Å². The second-order valence-corrected chi connectivity index (χ2v) is 5.66. The molecule has 2 atom stereocenters. The largest absolute Gasteiger partial charge is 0.383 e. The third-order valence-electron chi connectivity index (χ3n) is 2.82. The first-order valence-corrected chi connectivity index (χ1v) is 6.69. The zero-order chi connectivity index (χ0) is 10.4. The normalized spacial score (nSPS) is 22.4. The van der Waals surface area contributed by atoms with Crippen LogP contribution < -0.4 is 5.32 Å². The average Bonchev–Trinajstić information content (AvgIpc) is 2.69. The molecule has 2 unspecified atom stereocenters. The number of hydrogen-bond donors (Lipinski definition) is 1. The van der Waals surface area contributed by atoms with Crippen molar-refractivity contribution in [2.75, 3.05) is 26.5 Å². The fourth-order valence-corrected chi connectivity index (χ4v) is 3.69. The Hall–Kier alpha value is 0.0700. The van der Waals surface area contributed by atoms with Crippen molar-refractivity contribution in [2.24, 2.45) is 0 Å². The highest BCUT2D eigenvalue weighted by Crippen LogP contribution is 2.23. The summed E-state index contributed by atoms with van der Waals surface area (Å²) in [5.41, 5.74) is 0. The molecule has 3 nitrogen and oxygen atoms in total. The van der Waals surface area contributed by atoms with Gasteiger partial charge >= 0.3 is 0 Å². The van der Waals surface area contributed by atoms with E-state index < -0.39 is 10.8 Å². The van der Waals surface area contributed by atoms with E-state index in [1.54, 1.807) is 7.11 Å². The van der Waals surface area contributed by atoms with Crippen molar-refractivity contribution in [1.29, 1.82) is 0 Å². The molecule has 0 aliphatic heterocycles. The lowest BCUT2D eigenvalue weighted by Crippen LogP contribution is -2.37. The molecular weight excluding hydrogens is 198 g/mol. The van der Waals surface area contributed by atoms with E-state index in [9.17, 15) is 4.21 Å². The molecule has 0 saturated heterocycles. The van der Waals surface area contributed by atoms with Gasteiger partial charge in [-0.3, -0.25) is 4.21 Å². The molecule has 14 heavy (non-hydrogen) atoms. The van der Waals surface area contributed by atoms with Crippen molar-refractivity contribution in [2.45, 2.75) is 37.0 Å². The van der Waals surface area contributed by atoms with Crippen molar-refractivity contribution >= 4 is 10.8 Å². The molecule has 4 heteroatoms. The predicted octanol–water partition coefficient (Wildman–Crippen LogP) is 0.912. The van der Waals surface area contributed by atoms with Crippen LogP contribution >= 0.6 is 0 Å². The van der Waals surface area contributed by atoms with E-state index in [0.29, 0.717) is 11.9 Å². The molecule has 0 aromatic rings. The van der Waals surface area contributed by atoms with E-state index in [2.05, 4.69) is 5.32 Å². The van der Waals surface area contributed by atoms with Crippen LogP contribution in [-0.4, -0.2) is 42.0 Å². The number of nitrogens with one attached hydrogen (secondary N) is 1. The summed E-state index contributed by atoms with van der Waals surface area (Å²) < 4.78 is 17.0. The smallest absolute Gasteiger partial charge is 0.0624 e. The minimum Gasteiger partial charge on any atom is -0.383 e. The van der Waals surface area contributed by atoms with Gasteiger partial charge in [0.25, 0.3) is 0 Å². The summed E-state index contributed by atoms with van der Waals surface area (Å²) in [5.74, 6) is 0.731. The van der Waals surface area contributed by atoms with Crippen molar-refractivity contribution in [3.05, 3.63) is 0 Å². The molecule has 1 N–H and O–H groups in total. The lowest BCUT2D eigenvalue weighted by molar-refractivity contribution is 0.176. The minimum absolute atomic E-state index is 0.237. The van der Waals surface area contributed by atoms with Gasteiger partial charge in [0.1, 0.15) is 0 Å². The Morgan fingerprint density at radius 3 is 2.64 bits per heavy atom. The van der Waals surface area contributed by atoms with Crippen LogP contribution in [0.25, 0.3) is 0 Å². The Morgan fingerprint density at radius 1 is 1.50 bits per heavy atom. The highest BCUT2D eigenvalue weighted by Gasteiger charge is 2.23. The van der Waals surface area contributed by atoms with Crippen LogP contribution in [0, 0.1) is 0 Å². The molecule has 0 radical (unpaired) electrons. The van der Waals surface area contributed by atoms with Crippen LogP contribution in [0.2, 0.25) is 0 Å². The molecule has 1 aliphatic rings. The third kappa shape index (κ3) is 3.67. The quantitative estimate of drug-likeness (QED) is 0.722. The molecular formula is C10H21NO2S. The second kappa shape index (κ2) is 6.53. The zero-order valence-electron chi connectivity index (χ0n) is 9.12. The molecule has 1 saturated carbocycles. The van der Waals surface area contributed by atoms with Gasteiger partial charge in [-0.05, 0) is 19.9 Å². The highest BCUT2D eigenvalue weighted by molar-refractivity contribution is 7.85. The van der Waals surface area contributed by atoms with Crippen LogP contribution in [0.3, 0.4) is 0 Å².